The van der Waals surface area contributed by atoms with Gasteiger partial charge in [0.05, 0.1) is 21.8 Å². The predicted octanol–water partition coefficient (Wildman–Crippen LogP) is 6.50. The van der Waals surface area contributed by atoms with Crippen LogP contribution in [0.2, 0.25) is 0 Å². The highest BCUT2D eigenvalue weighted by atomic mass is 32.2. The summed E-state index contributed by atoms with van der Waals surface area (Å²) in [6.07, 6.45) is -3.13. The molecule has 0 spiro atoms. The van der Waals surface area contributed by atoms with E-state index in [9.17, 15) is 31.2 Å². The van der Waals surface area contributed by atoms with Crippen molar-refractivity contribution in [1.82, 2.24) is 4.72 Å². The Kier molecular flexibility index (Phi) is 8.51. The standard InChI is InChI=1S/C31H22F3N3O4S2/c32-31(33,34)24-12-16-26(17-13-24)43(40,41)37-28(38)19-21-8-14-25(15-9-21)35-30-36-29(39)27(42-30)18-20-6-10-23(11-7-20)22-4-2-1-3-5-22/h1-18H,19H2,(H,37,38)(H,35,36,39). The second-order valence-corrected chi connectivity index (χ2v) is 12.1. The Morgan fingerprint density at radius 1 is 0.837 bits per heavy atom. The summed E-state index contributed by atoms with van der Waals surface area (Å²) in [5.41, 5.74) is 3.09. The Hall–Kier alpha value is -4.68. The number of carbonyl (C=O) groups excluding carboxylic acids is 2. The molecule has 0 saturated carbocycles. The molecule has 2 N–H and O–H groups in total. The van der Waals surface area contributed by atoms with E-state index in [2.05, 4.69) is 10.3 Å². The number of nitrogens with one attached hydrogen (secondary N) is 2. The fourth-order valence-electron chi connectivity index (χ4n) is 4.10. The monoisotopic (exact) mass is 621 g/mol. The number of hydrogen-bond acceptors (Lipinski definition) is 6. The Morgan fingerprint density at radius 3 is 2.09 bits per heavy atom. The van der Waals surface area contributed by atoms with Crippen molar-refractivity contribution < 1.29 is 31.2 Å². The van der Waals surface area contributed by atoms with Crippen molar-refractivity contribution in [2.75, 3.05) is 5.32 Å². The molecular formula is C31H22F3N3O4S2. The molecule has 0 radical (unpaired) electrons. The SMILES string of the molecule is O=C(Cc1ccc(NC2=NC(=O)C(=Cc3ccc(-c4ccccc4)cc3)S2)cc1)NS(=O)(=O)c1ccc(C(F)(F)F)cc1. The molecule has 0 unspecified atom stereocenters. The molecule has 4 aromatic carbocycles. The molecule has 1 aliphatic heterocycles. The first-order valence-corrected chi connectivity index (χ1v) is 15.0. The Morgan fingerprint density at radius 2 is 1.47 bits per heavy atom. The third-order valence-electron chi connectivity index (χ3n) is 6.25. The number of amides is 2. The van der Waals surface area contributed by atoms with Crippen LogP contribution in [0.25, 0.3) is 17.2 Å². The number of amidine groups is 1. The van der Waals surface area contributed by atoms with Gasteiger partial charge >= 0.3 is 6.18 Å². The molecule has 4 aromatic rings. The van der Waals surface area contributed by atoms with Gasteiger partial charge < -0.3 is 5.32 Å². The maximum Gasteiger partial charge on any atom is 0.416 e. The number of carbonyl (C=O) groups is 2. The average molecular weight is 622 g/mol. The number of alkyl halides is 3. The topological polar surface area (TPSA) is 105 Å². The summed E-state index contributed by atoms with van der Waals surface area (Å²) in [6, 6.07) is 27.1. The van der Waals surface area contributed by atoms with E-state index in [1.165, 1.54) is 11.8 Å². The lowest BCUT2D eigenvalue weighted by Gasteiger charge is -2.10. The second-order valence-electron chi connectivity index (χ2n) is 9.37. The highest BCUT2D eigenvalue weighted by Gasteiger charge is 2.31. The van der Waals surface area contributed by atoms with Crippen molar-refractivity contribution in [1.29, 1.82) is 0 Å². The molecule has 218 valence electrons. The van der Waals surface area contributed by atoms with Crippen molar-refractivity contribution in [3.63, 3.8) is 0 Å². The molecule has 5 rings (SSSR count). The third kappa shape index (κ3) is 7.59. The van der Waals surface area contributed by atoms with Gasteiger partial charge in [0.25, 0.3) is 15.9 Å². The molecule has 0 bridgehead atoms. The number of aliphatic imine (C=N–C) groups is 1. The van der Waals surface area contributed by atoms with E-state index >= 15 is 0 Å². The molecular weight excluding hydrogens is 599 g/mol. The van der Waals surface area contributed by atoms with E-state index in [0.717, 1.165) is 28.8 Å². The lowest BCUT2D eigenvalue weighted by Crippen LogP contribution is -2.31. The van der Waals surface area contributed by atoms with E-state index in [-0.39, 0.29) is 12.3 Å². The zero-order valence-corrected chi connectivity index (χ0v) is 23.8. The molecule has 43 heavy (non-hydrogen) atoms. The lowest BCUT2D eigenvalue weighted by atomic mass is 10.0. The highest BCUT2D eigenvalue weighted by molar-refractivity contribution is 8.18. The summed E-state index contributed by atoms with van der Waals surface area (Å²) in [4.78, 5) is 28.9. The van der Waals surface area contributed by atoms with Crippen molar-refractivity contribution in [3.05, 3.63) is 125 Å². The van der Waals surface area contributed by atoms with Crippen molar-refractivity contribution in [3.8, 4) is 11.1 Å². The molecule has 1 heterocycles. The zero-order valence-electron chi connectivity index (χ0n) is 22.1. The van der Waals surface area contributed by atoms with Crippen molar-refractivity contribution in [2.45, 2.75) is 17.5 Å². The fourth-order valence-corrected chi connectivity index (χ4v) is 5.92. The van der Waals surface area contributed by atoms with Gasteiger partial charge in [0, 0.05) is 5.69 Å². The summed E-state index contributed by atoms with van der Waals surface area (Å²) >= 11 is 1.19. The molecule has 0 fully saturated rings. The first-order chi connectivity index (χ1) is 20.5. The molecule has 0 saturated heterocycles. The number of anilines is 1. The van der Waals surface area contributed by atoms with Crippen LogP contribution >= 0.6 is 11.8 Å². The van der Waals surface area contributed by atoms with E-state index < -0.39 is 32.6 Å². The quantitative estimate of drug-likeness (QED) is 0.228. The number of halogens is 3. The number of rotatable bonds is 7. The summed E-state index contributed by atoms with van der Waals surface area (Å²) in [5, 5.41) is 3.43. The minimum Gasteiger partial charge on any atom is -0.334 e. The highest BCUT2D eigenvalue weighted by Crippen LogP contribution is 2.31. The van der Waals surface area contributed by atoms with Gasteiger partial charge in [0.2, 0.25) is 5.91 Å². The van der Waals surface area contributed by atoms with Crippen LogP contribution in [0.3, 0.4) is 0 Å². The Balaban J connectivity index is 1.15. The molecule has 7 nitrogen and oxygen atoms in total. The number of sulfonamides is 1. The maximum atomic E-state index is 12.7. The predicted molar refractivity (Wildman–Crippen MR) is 160 cm³/mol. The number of hydrogen-bond donors (Lipinski definition) is 2. The number of thioether (sulfide) groups is 1. The van der Waals surface area contributed by atoms with Crippen LogP contribution < -0.4 is 10.0 Å². The Bertz CT molecular complexity index is 1820. The van der Waals surface area contributed by atoms with Crippen molar-refractivity contribution >= 4 is 50.5 Å². The summed E-state index contributed by atoms with van der Waals surface area (Å²) < 4.78 is 64.9. The average Bonchev–Trinajstić information content (AvgIpc) is 3.32. The molecule has 0 aliphatic carbocycles. The number of nitrogens with zero attached hydrogens (tertiary/aromatic N) is 1. The zero-order chi connectivity index (χ0) is 30.6. The van der Waals surface area contributed by atoms with E-state index in [4.69, 9.17) is 0 Å². The van der Waals surface area contributed by atoms with Gasteiger partial charge in [-0.1, -0.05) is 66.7 Å². The van der Waals surface area contributed by atoms with Gasteiger partial charge in [0.15, 0.2) is 5.17 Å². The van der Waals surface area contributed by atoms with Gasteiger partial charge in [-0.05, 0) is 76.5 Å². The van der Waals surface area contributed by atoms with Crippen LogP contribution in [0.4, 0.5) is 18.9 Å². The van der Waals surface area contributed by atoms with Gasteiger partial charge in [-0.15, -0.1) is 0 Å². The first-order valence-electron chi connectivity index (χ1n) is 12.7. The molecule has 0 aromatic heterocycles. The van der Waals surface area contributed by atoms with Gasteiger partial charge in [-0.25, -0.2) is 13.1 Å². The summed E-state index contributed by atoms with van der Waals surface area (Å²) in [7, 11) is -4.35. The largest absolute Gasteiger partial charge is 0.416 e. The molecule has 0 atom stereocenters. The van der Waals surface area contributed by atoms with E-state index in [1.807, 2.05) is 59.3 Å². The lowest BCUT2D eigenvalue weighted by molar-refractivity contribution is -0.137. The maximum absolute atomic E-state index is 12.7. The summed E-state index contributed by atoms with van der Waals surface area (Å²) in [5.74, 6) is -1.23. The van der Waals surface area contributed by atoms with Gasteiger partial charge in [-0.2, -0.15) is 18.2 Å². The molecule has 2 amide bonds. The first kappa shape index (κ1) is 29.8. The van der Waals surface area contributed by atoms with Crippen LogP contribution in [0.1, 0.15) is 16.7 Å². The van der Waals surface area contributed by atoms with E-state index in [0.29, 0.717) is 33.5 Å². The smallest absolute Gasteiger partial charge is 0.334 e. The van der Waals surface area contributed by atoms with Crippen LogP contribution in [-0.2, 0) is 32.2 Å². The molecule has 12 heteroatoms. The number of benzene rings is 4. The Labute approximate surface area is 249 Å². The minimum absolute atomic E-state index is 0.287. The van der Waals surface area contributed by atoms with Crippen LogP contribution in [0, 0.1) is 0 Å². The van der Waals surface area contributed by atoms with E-state index in [1.54, 1.807) is 30.3 Å². The van der Waals surface area contributed by atoms with Gasteiger partial charge in [0.1, 0.15) is 0 Å². The fraction of sp³-hybridized carbons (Fsp3) is 0.0645. The van der Waals surface area contributed by atoms with Crippen LogP contribution in [0.5, 0.6) is 0 Å². The second kappa shape index (κ2) is 12.3. The normalized spacial score (nSPS) is 14.4. The minimum atomic E-state index is -4.61. The molecule has 1 aliphatic rings. The van der Waals surface area contributed by atoms with Gasteiger partial charge in [-0.3, -0.25) is 9.59 Å². The van der Waals surface area contributed by atoms with Crippen LogP contribution in [0.15, 0.2) is 118 Å². The summed E-state index contributed by atoms with van der Waals surface area (Å²) in [6.45, 7) is 0. The van der Waals surface area contributed by atoms with Crippen molar-refractivity contribution in [2.24, 2.45) is 4.99 Å². The third-order valence-corrected chi connectivity index (χ3v) is 8.53. The van der Waals surface area contributed by atoms with Crippen LogP contribution in [-0.4, -0.2) is 25.4 Å².